The summed E-state index contributed by atoms with van der Waals surface area (Å²) in [7, 11) is 0. The molecule has 0 bridgehead atoms. The fourth-order valence-corrected chi connectivity index (χ4v) is 10.4. The minimum absolute atomic E-state index is 0.0494. The molecule has 2 aliphatic heterocycles. The lowest BCUT2D eigenvalue weighted by molar-refractivity contribution is -0.145. The van der Waals surface area contributed by atoms with Crippen LogP contribution in [0.5, 0.6) is 5.75 Å². The van der Waals surface area contributed by atoms with E-state index in [1.807, 2.05) is 13.2 Å². The SMILES string of the molecule is CC[C@H](C)[C@H](NC(=O)[C@H](C)N)C(=O)N[C@@H](CCSC)C(=O)N1CCC[C@H]1C(=O)N[C@@H](C)C(=O)N[C@@H](CCCN=C(N)N)C(=O)N[C@@H](Cc1ccccc1)C(=O)N[C@@H](Cc1ccc(O)cc1)C(=O)N1CCC[C@H]1C(=O)N[C@@H](CCCCN)C(=O)O. The number of unbranched alkanes of at least 4 members (excludes halogenated alkanes) is 1. The largest absolute Gasteiger partial charge is 0.508 e. The summed E-state index contributed by atoms with van der Waals surface area (Å²) in [5.41, 5.74) is 23.7. The molecule has 464 valence electrons. The number of aliphatic imine (C=N–C) groups is 1. The summed E-state index contributed by atoms with van der Waals surface area (Å²) in [6, 6.07) is 3.00. The third-order valence-corrected chi connectivity index (χ3v) is 15.6. The van der Waals surface area contributed by atoms with Crippen molar-refractivity contribution >= 4 is 76.9 Å². The molecule has 0 aliphatic carbocycles. The van der Waals surface area contributed by atoms with Gasteiger partial charge in [-0.2, -0.15) is 11.8 Å². The highest BCUT2D eigenvalue weighted by molar-refractivity contribution is 7.98. The fraction of sp³-hybridized carbons (Fsp3) is 0.596. The number of amides is 9. The van der Waals surface area contributed by atoms with Crippen molar-refractivity contribution in [3.63, 3.8) is 0 Å². The maximum Gasteiger partial charge on any atom is 0.326 e. The molecule has 2 saturated heterocycles. The van der Waals surface area contributed by atoms with Gasteiger partial charge in [0.1, 0.15) is 60.1 Å². The number of carboxylic acid groups (broad SMARTS) is 1. The van der Waals surface area contributed by atoms with E-state index in [-0.39, 0.29) is 88.6 Å². The summed E-state index contributed by atoms with van der Waals surface area (Å²) in [5, 5.41) is 39.0. The Kier molecular flexibility index (Phi) is 28.7. The maximum atomic E-state index is 14.8. The fourth-order valence-electron chi connectivity index (χ4n) is 9.88. The molecule has 11 atom stereocenters. The lowest BCUT2D eigenvalue weighted by atomic mass is 9.97. The number of aromatic hydroxyl groups is 1. The van der Waals surface area contributed by atoms with Gasteiger partial charge in [-0.1, -0.05) is 62.7 Å². The van der Waals surface area contributed by atoms with E-state index >= 15 is 0 Å². The molecule has 0 radical (unpaired) electrons. The number of nitrogens with zero attached hydrogens (tertiary/aromatic N) is 3. The van der Waals surface area contributed by atoms with Crippen LogP contribution in [0.2, 0.25) is 0 Å². The van der Waals surface area contributed by atoms with E-state index in [0.717, 1.165) is 0 Å². The second-order valence-corrected chi connectivity index (χ2v) is 22.5. The van der Waals surface area contributed by atoms with E-state index in [2.05, 4.69) is 42.2 Å². The lowest BCUT2D eigenvalue weighted by Crippen LogP contribution is -2.60. The van der Waals surface area contributed by atoms with E-state index in [4.69, 9.17) is 22.9 Å². The first-order chi connectivity index (χ1) is 40.0. The number of carbonyl (C=O) groups is 10. The summed E-state index contributed by atoms with van der Waals surface area (Å²) in [5.74, 6) is -7.37. The molecule has 2 aromatic rings. The van der Waals surface area contributed by atoms with Crippen LogP contribution < -0.4 is 60.2 Å². The van der Waals surface area contributed by atoms with E-state index in [0.29, 0.717) is 55.5 Å². The summed E-state index contributed by atoms with van der Waals surface area (Å²) in [6.45, 7) is 7.23. The number of aliphatic carboxylic acids is 1. The van der Waals surface area contributed by atoms with Gasteiger partial charge < -0.3 is 80.2 Å². The topological polar surface area (TPSA) is 418 Å². The van der Waals surface area contributed by atoms with Crippen LogP contribution in [0.25, 0.3) is 0 Å². The Morgan fingerprint density at radius 3 is 1.74 bits per heavy atom. The monoisotopic (exact) mass is 1190 g/mol. The van der Waals surface area contributed by atoms with Crippen molar-refractivity contribution in [3.8, 4) is 5.75 Å². The molecule has 0 aromatic heterocycles. The number of carbonyl (C=O) groups excluding carboxylic acids is 9. The number of guanidine groups is 1. The van der Waals surface area contributed by atoms with Gasteiger partial charge in [-0.15, -0.1) is 0 Å². The quantitative estimate of drug-likeness (QED) is 0.0227. The first-order valence-corrected chi connectivity index (χ1v) is 30.2. The Morgan fingerprint density at radius 1 is 0.631 bits per heavy atom. The molecular formula is C57H88N14O12S. The average Bonchev–Trinajstić information content (AvgIpc) is 4.38. The molecule has 9 amide bonds. The number of thioether (sulfide) groups is 1. The zero-order valence-electron chi connectivity index (χ0n) is 48.8. The lowest BCUT2D eigenvalue weighted by Gasteiger charge is -2.31. The third-order valence-electron chi connectivity index (χ3n) is 14.9. The summed E-state index contributed by atoms with van der Waals surface area (Å²) in [4.78, 5) is 145. The van der Waals surface area contributed by atoms with Gasteiger partial charge >= 0.3 is 5.97 Å². The molecule has 84 heavy (non-hydrogen) atoms. The summed E-state index contributed by atoms with van der Waals surface area (Å²) in [6.07, 6.45) is 4.88. The Balaban J connectivity index is 1.58. The molecule has 27 heteroatoms. The zero-order chi connectivity index (χ0) is 62.0. The Labute approximate surface area is 495 Å². The summed E-state index contributed by atoms with van der Waals surface area (Å²) < 4.78 is 0. The number of benzene rings is 2. The van der Waals surface area contributed by atoms with Gasteiger partial charge in [-0.3, -0.25) is 48.1 Å². The van der Waals surface area contributed by atoms with Crippen LogP contribution in [0.15, 0.2) is 59.6 Å². The van der Waals surface area contributed by atoms with Crippen LogP contribution >= 0.6 is 11.8 Å². The second kappa shape index (κ2) is 34.9. The van der Waals surface area contributed by atoms with Gasteiger partial charge in [0, 0.05) is 32.5 Å². The number of nitrogens with two attached hydrogens (primary N) is 4. The van der Waals surface area contributed by atoms with Crippen LogP contribution in [-0.4, -0.2) is 184 Å². The van der Waals surface area contributed by atoms with Crippen molar-refractivity contribution in [1.82, 2.24) is 47.0 Å². The molecule has 26 nitrogen and oxygen atoms in total. The Bertz CT molecular complexity index is 2580. The van der Waals surface area contributed by atoms with Gasteiger partial charge in [-0.05, 0) is 126 Å². The number of hydrogen-bond acceptors (Lipinski definition) is 15. The molecule has 17 N–H and O–H groups in total. The second-order valence-electron chi connectivity index (χ2n) is 21.5. The van der Waals surface area contributed by atoms with Crippen LogP contribution in [0.1, 0.15) is 109 Å². The van der Waals surface area contributed by atoms with Crippen LogP contribution in [0.3, 0.4) is 0 Å². The predicted molar refractivity (Wildman–Crippen MR) is 317 cm³/mol. The highest BCUT2D eigenvalue weighted by Gasteiger charge is 2.42. The first-order valence-electron chi connectivity index (χ1n) is 28.8. The Hall–Kier alpha value is -7.52. The van der Waals surface area contributed by atoms with Gasteiger partial charge in [0.2, 0.25) is 53.2 Å². The molecule has 2 heterocycles. The maximum absolute atomic E-state index is 14.8. The van der Waals surface area contributed by atoms with Crippen LogP contribution in [-0.2, 0) is 60.8 Å². The van der Waals surface area contributed by atoms with E-state index in [1.165, 1.54) is 47.5 Å². The molecule has 0 unspecified atom stereocenters. The van der Waals surface area contributed by atoms with E-state index in [9.17, 15) is 58.2 Å². The van der Waals surface area contributed by atoms with Crippen molar-refractivity contribution in [2.24, 2.45) is 33.8 Å². The standard InChI is InChI=1S/C57H88N14O12S/c1-6-33(2)46(69-47(73)34(3)59)53(79)65-40(25-30-84-5)54(80)70-28-13-19-44(70)51(77)63-35(4)48(74)64-39(18-12-27-62-57(60)61)49(75)67-42(31-36-15-8-7-9-16-36)50(76)68-43(32-37-21-23-38(72)24-22-37)55(81)71-29-14-20-45(71)52(78)66-41(56(82)83)17-10-11-26-58/h7-9,15-16,21-24,33-35,39-46,72H,6,10-14,17-20,25-32,58-59H2,1-5H3,(H,63,77)(H,64,74)(H,65,79)(H,66,78)(H,67,75)(H,68,76)(H,69,73)(H,82,83)(H4,60,61,62)/t33-,34-,35-,39-,40-,41-,42-,43-,44-,45-,46-/m0/s1. The van der Waals surface area contributed by atoms with Crippen molar-refractivity contribution in [3.05, 3.63) is 65.7 Å². The summed E-state index contributed by atoms with van der Waals surface area (Å²) >= 11 is 1.46. The average molecular weight is 1190 g/mol. The number of nitrogens with one attached hydrogen (secondary N) is 7. The highest BCUT2D eigenvalue weighted by Crippen LogP contribution is 2.23. The number of carboxylic acids is 1. The minimum Gasteiger partial charge on any atom is -0.508 e. The molecule has 0 saturated carbocycles. The van der Waals surface area contributed by atoms with Crippen molar-refractivity contribution in [1.29, 1.82) is 0 Å². The normalized spacial score (nSPS) is 18.0. The number of phenolic OH excluding ortho intramolecular Hbond substituents is 1. The van der Waals surface area contributed by atoms with Gasteiger partial charge in [-0.25, -0.2) is 4.79 Å². The predicted octanol–water partition coefficient (Wildman–Crippen LogP) is -1.01. The third kappa shape index (κ3) is 21.6. The molecule has 4 rings (SSSR count). The number of likely N-dealkylation sites (tertiary alicyclic amines) is 2. The van der Waals surface area contributed by atoms with Crippen molar-refractivity contribution in [2.45, 2.75) is 172 Å². The number of hydrogen-bond donors (Lipinski definition) is 13. The van der Waals surface area contributed by atoms with Crippen molar-refractivity contribution in [2.75, 3.05) is 38.2 Å². The van der Waals surface area contributed by atoms with Crippen molar-refractivity contribution < 1.29 is 58.2 Å². The van der Waals surface area contributed by atoms with Crippen LogP contribution in [0.4, 0.5) is 0 Å². The molecule has 0 spiro atoms. The highest BCUT2D eigenvalue weighted by atomic mass is 32.2. The Morgan fingerprint density at radius 2 is 1.17 bits per heavy atom. The zero-order valence-corrected chi connectivity index (χ0v) is 49.6. The number of rotatable bonds is 34. The molecule has 2 aromatic carbocycles. The van der Waals surface area contributed by atoms with Crippen LogP contribution in [0, 0.1) is 5.92 Å². The number of phenols is 1. The smallest absolute Gasteiger partial charge is 0.326 e. The minimum atomic E-state index is -1.39. The van der Waals surface area contributed by atoms with Gasteiger partial charge in [0.25, 0.3) is 0 Å². The van der Waals surface area contributed by atoms with E-state index < -0.39 is 120 Å². The molecular weight excluding hydrogens is 1100 g/mol. The molecule has 2 fully saturated rings. The first kappa shape index (κ1) is 69.0. The molecule has 2 aliphatic rings. The van der Waals surface area contributed by atoms with Gasteiger partial charge in [0.15, 0.2) is 5.96 Å². The van der Waals surface area contributed by atoms with Gasteiger partial charge in [0.05, 0.1) is 6.04 Å². The van der Waals surface area contributed by atoms with E-state index in [1.54, 1.807) is 49.4 Å².